The molecule has 0 bridgehead atoms. The van der Waals surface area contributed by atoms with Gasteiger partial charge >= 0.3 is 0 Å². The van der Waals surface area contributed by atoms with Gasteiger partial charge in [0, 0.05) is 10.6 Å². The second kappa shape index (κ2) is 5.40. The zero-order valence-electron chi connectivity index (χ0n) is 10.5. The van der Waals surface area contributed by atoms with Crippen molar-refractivity contribution in [2.75, 3.05) is 11.1 Å². The van der Waals surface area contributed by atoms with Crippen molar-refractivity contribution in [3.05, 3.63) is 59.4 Å². The summed E-state index contributed by atoms with van der Waals surface area (Å²) in [4.78, 5) is 0.591. The van der Waals surface area contributed by atoms with Crippen LogP contribution in [-0.4, -0.2) is 5.75 Å². The highest BCUT2D eigenvalue weighted by atomic mass is 32.2. The van der Waals surface area contributed by atoms with Crippen LogP contribution in [0.25, 0.3) is 0 Å². The minimum absolute atomic E-state index is 0.108. The van der Waals surface area contributed by atoms with E-state index in [-0.39, 0.29) is 17.5 Å². The molecule has 2 aromatic rings. The van der Waals surface area contributed by atoms with E-state index in [1.54, 1.807) is 6.07 Å². The fourth-order valence-corrected chi connectivity index (χ4v) is 3.48. The quantitative estimate of drug-likeness (QED) is 0.858. The SMILES string of the molecule is Fc1cccc(NC2CCSc3c(F)cccc32)c1F. The van der Waals surface area contributed by atoms with Crippen molar-refractivity contribution in [3.8, 4) is 0 Å². The number of nitrogens with one attached hydrogen (secondary N) is 1. The molecule has 0 fully saturated rings. The van der Waals surface area contributed by atoms with Gasteiger partial charge in [-0.3, -0.25) is 0 Å². The Bertz CT molecular complexity index is 645. The van der Waals surface area contributed by atoms with Crippen molar-refractivity contribution in [3.63, 3.8) is 0 Å². The molecular formula is C15H12F3NS. The lowest BCUT2D eigenvalue weighted by atomic mass is 10.0. The van der Waals surface area contributed by atoms with Crippen LogP contribution in [-0.2, 0) is 0 Å². The second-order valence-corrected chi connectivity index (χ2v) is 5.70. The maximum atomic E-state index is 13.7. The number of rotatable bonds is 2. The van der Waals surface area contributed by atoms with Gasteiger partial charge < -0.3 is 5.32 Å². The predicted molar refractivity (Wildman–Crippen MR) is 74.5 cm³/mol. The first-order chi connectivity index (χ1) is 9.66. The molecule has 1 aliphatic rings. The van der Waals surface area contributed by atoms with Crippen molar-refractivity contribution in [1.29, 1.82) is 0 Å². The van der Waals surface area contributed by atoms with Crippen LogP contribution < -0.4 is 5.32 Å². The smallest absolute Gasteiger partial charge is 0.181 e. The van der Waals surface area contributed by atoms with Gasteiger partial charge in [0.1, 0.15) is 5.82 Å². The van der Waals surface area contributed by atoms with Gasteiger partial charge in [0.25, 0.3) is 0 Å². The Hall–Kier alpha value is -1.62. The number of thioether (sulfide) groups is 1. The maximum Gasteiger partial charge on any atom is 0.181 e. The molecule has 20 heavy (non-hydrogen) atoms. The third kappa shape index (κ3) is 2.38. The molecule has 3 rings (SSSR count). The Morgan fingerprint density at radius 1 is 1.00 bits per heavy atom. The Kier molecular flexibility index (Phi) is 3.61. The van der Waals surface area contributed by atoms with Crippen LogP contribution >= 0.6 is 11.8 Å². The van der Waals surface area contributed by atoms with Gasteiger partial charge in [-0.05, 0) is 30.2 Å². The molecule has 0 aliphatic carbocycles. The van der Waals surface area contributed by atoms with Crippen molar-refractivity contribution in [2.24, 2.45) is 0 Å². The summed E-state index contributed by atoms with van der Waals surface area (Å²) < 4.78 is 40.7. The number of hydrogen-bond acceptors (Lipinski definition) is 2. The molecule has 2 aromatic carbocycles. The average molecular weight is 295 g/mol. The van der Waals surface area contributed by atoms with Gasteiger partial charge in [-0.2, -0.15) is 0 Å². The molecule has 0 amide bonds. The van der Waals surface area contributed by atoms with Gasteiger partial charge in [-0.15, -0.1) is 11.8 Å². The summed E-state index contributed by atoms with van der Waals surface area (Å²) in [7, 11) is 0. The summed E-state index contributed by atoms with van der Waals surface area (Å²) in [6.07, 6.45) is 0.733. The second-order valence-electron chi connectivity index (χ2n) is 4.59. The molecule has 5 heteroatoms. The van der Waals surface area contributed by atoms with Crippen LogP contribution in [0.1, 0.15) is 18.0 Å². The molecule has 1 unspecified atom stereocenters. The Morgan fingerprint density at radius 3 is 2.60 bits per heavy atom. The zero-order valence-corrected chi connectivity index (χ0v) is 11.3. The normalized spacial score (nSPS) is 17.6. The van der Waals surface area contributed by atoms with E-state index >= 15 is 0 Å². The molecule has 1 aliphatic heterocycles. The molecular weight excluding hydrogens is 283 g/mol. The molecule has 0 radical (unpaired) electrons. The summed E-state index contributed by atoms with van der Waals surface area (Å²) in [5, 5.41) is 2.98. The fraction of sp³-hybridized carbons (Fsp3) is 0.200. The number of fused-ring (bicyclic) bond motifs is 1. The number of hydrogen-bond donors (Lipinski definition) is 1. The maximum absolute atomic E-state index is 13.7. The summed E-state index contributed by atoms with van der Waals surface area (Å²) in [6, 6.07) is 8.67. The minimum Gasteiger partial charge on any atom is -0.376 e. The van der Waals surface area contributed by atoms with Crippen LogP contribution in [0.3, 0.4) is 0 Å². The molecule has 1 heterocycles. The van der Waals surface area contributed by atoms with E-state index in [2.05, 4.69) is 5.32 Å². The minimum atomic E-state index is -0.899. The van der Waals surface area contributed by atoms with E-state index in [0.29, 0.717) is 4.90 Å². The molecule has 0 aromatic heterocycles. The van der Waals surface area contributed by atoms with Crippen molar-refractivity contribution >= 4 is 17.4 Å². The van der Waals surface area contributed by atoms with E-state index in [4.69, 9.17) is 0 Å². The monoisotopic (exact) mass is 295 g/mol. The Morgan fingerprint density at radius 2 is 1.75 bits per heavy atom. The fourth-order valence-electron chi connectivity index (χ4n) is 2.34. The highest BCUT2D eigenvalue weighted by Gasteiger charge is 2.24. The molecule has 0 saturated carbocycles. The van der Waals surface area contributed by atoms with Crippen molar-refractivity contribution in [1.82, 2.24) is 0 Å². The van der Waals surface area contributed by atoms with Crippen LogP contribution in [0.5, 0.6) is 0 Å². The summed E-state index contributed by atoms with van der Waals surface area (Å²) >= 11 is 1.45. The number of anilines is 1. The highest BCUT2D eigenvalue weighted by Crippen LogP contribution is 2.39. The van der Waals surface area contributed by atoms with E-state index in [9.17, 15) is 13.2 Å². The summed E-state index contributed by atoms with van der Waals surface area (Å²) in [5.74, 6) is -1.32. The van der Waals surface area contributed by atoms with Gasteiger partial charge in [-0.1, -0.05) is 18.2 Å². The van der Waals surface area contributed by atoms with Crippen molar-refractivity contribution in [2.45, 2.75) is 17.4 Å². The van der Waals surface area contributed by atoms with Crippen LogP contribution in [0, 0.1) is 17.5 Å². The average Bonchev–Trinajstić information content (AvgIpc) is 2.45. The third-order valence-electron chi connectivity index (χ3n) is 3.31. The standard InChI is InChI=1S/C15H12F3NS/c16-10-4-2-6-13(14(10)18)19-12-7-8-20-15-9(12)3-1-5-11(15)17/h1-6,12,19H,7-8H2. The van der Waals surface area contributed by atoms with E-state index in [1.807, 2.05) is 6.07 Å². The molecule has 1 atom stereocenters. The van der Waals surface area contributed by atoms with Crippen LogP contribution in [0.2, 0.25) is 0 Å². The van der Waals surface area contributed by atoms with E-state index in [1.165, 1.54) is 30.0 Å². The summed E-state index contributed by atoms with van der Waals surface area (Å²) in [6.45, 7) is 0. The number of halogens is 3. The zero-order chi connectivity index (χ0) is 14.1. The molecule has 0 spiro atoms. The highest BCUT2D eigenvalue weighted by molar-refractivity contribution is 7.99. The number of benzene rings is 2. The Balaban J connectivity index is 1.94. The molecule has 1 N–H and O–H groups in total. The first-order valence-electron chi connectivity index (χ1n) is 6.28. The molecule has 0 saturated heterocycles. The van der Waals surface area contributed by atoms with Gasteiger partial charge in [0.15, 0.2) is 11.6 Å². The van der Waals surface area contributed by atoms with Crippen molar-refractivity contribution < 1.29 is 13.2 Å². The molecule has 1 nitrogen and oxygen atoms in total. The lowest BCUT2D eigenvalue weighted by Crippen LogP contribution is -2.17. The lowest BCUT2D eigenvalue weighted by molar-refractivity contribution is 0.509. The van der Waals surface area contributed by atoms with Crippen LogP contribution in [0.4, 0.5) is 18.9 Å². The predicted octanol–water partition coefficient (Wildman–Crippen LogP) is 4.75. The van der Waals surface area contributed by atoms with Gasteiger partial charge in [0.2, 0.25) is 0 Å². The van der Waals surface area contributed by atoms with E-state index < -0.39 is 11.6 Å². The van der Waals surface area contributed by atoms with Crippen LogP contribution in [0.15, 0.2) is 41.3 Å². The third-order valence-corrected chi connectivity index (χ3v) is 4.47. The largest absolute Gasteiger partial charge is 0.376 e. The van der Waals surface area contributed by atoms with E-state index in [0.717, 1.165) is 23.8 Å². The summed E-state index contributed by atoms with van der Waals surface area (Å²) in [5.41, 5.74) is 0.905. The van der Waals surface area contributed by atoms with Gasteiger partial charge in [0.05, 0.1) is 11.7 Å². The first-order valence-corrected chi connectivity index (χ1v) is 7.27. The Labute approximate surface area is 119 Å². The topological polar surface area (TPSA) is 12.0 Å². The lowest BCUT2D eigenvalue weighted by Gasteiger charge is -2.27. The van der Waals surface area contributed by atoms with Gasteiger partial charge in [-0.25, -0.2) is 13.2 Å². The molecule has 104 valence electrons. The first kappa shape index (κ1) is 13.4.